The van der Waals surface area contributed by atoms with Crippen LogP contribution in [0.25, 0.3) is 0 Å². The van der Waals surface area contributed by atoms with E-state index >= 15 is 0 Å². The van der Waals surface area contributed by atoms with Gasteiger partial charge >= 0.3 is 0 Å². The van der Waals surface area contributed by atoms with E-state index in [1.165, 1.54) is 6.26 Å². The molecular weight excluding hydrogens is 276 g/mol. The highest BCUT2D eigenvalue weighted by Crippen LogP contribution is 2.18. The Hall–Kier alpha value is -1.56. The molecule has 0 bridgehead atoms. The van der Waals surface area contributed by atoms with Gasteiger partial charge in [0.05, 0.1) is 4.90 Å². The first kappa shape index (κ1) is 14.8. The first-order valence-electron chi connectivity index (χ1n) is 6.68. The van der Waals surface area contributed by atoms with Crippen molar-refractivity contribution in [2.75, 3.05) is 24.7 Å². The highest BCUT2D eigenvalue weighted by Gasteiger charge is 2.20. The normalized spacial score (nSPS) is 17.0. The summed E-state index contributed by atoms with van der Waals surface area (Å²) in [4.78, 5) is 13.4. The van der Waals surface area contributed by atoms with Gasteiger partial charge in [-0.05, 0) is 37.1 Å². The minimum atomic E-state index is -3.14. The predicted molar refractivity (Wildman–Crippen MR) is 78.5 cm³/mol. The summed E-state index contributed by atoms with van der Waals surface area (Å²) in [5.74, 6) is 0.126. The first-order chi connectivity index (χ1) is 9.36. The molecule has 2 rings (SSSR count). The lowest BCUT2D eigenvalue weighted by molar-refractivity contribution is -0.129. The molecule has 1 heterocycles. The fourth-order valence-corrected chi connectivity index (χ4v) is 3.00. The highest BCUT2D eigenvalue weighted by atomic mass is 32.2. The number of benzene rings is 1. The largest absolute Gasteiger partial charge is 0.382 e. The zero-order valence-corrected chi connectivity index (χ0v) is 12.6. The highest BCUT2D eigenvalue weighted by molar-refractivity contribution is 7.90. The Morgan fingerprint density at radius 2 is 1.75 bits per heavy atom. The number of rotatable bonds is 3. The van der Waals surface area contributed by atoms with E-state index in [9.17, 15) is 13.2 Å². The lowest BCUT2D eigenvalue weighted by Gasteiger charge is -2.32. The molecule has 0 atom stereocenters. The summed E-state index contributed by atoms with van der Waals surface area (Å²) in [6.45, 7) is 3.14. The Kier molecular flexibility index (Phi) is 4.32. The Bertz CT molecular complexity index is 573. The molecule has 1 amide bonds. The number of carbonyl (C=O) groups is 1. The van der Waals surface area contributed by atoms with E-state index in [1.807, 2.05) is 4.90 Å². The third kappa shape index (κ3) is 3.72. The molecule has 0 spiro atoms. The molecule has 1 N–H and O–H groups in total. The summed E-state index contributed by atoms with van der Waals surface area (Å²) in [5, 5.41) is 3.39. The van der Waals surface area contributed by atoms with Gasteiger partial charge in [0.2, 0.25) is 5.91 Å². The number of amides is 1. The van der Waals surface area contributed by atoms with Gasteiger partial charge in [0.25, 0.3) is 0 Å². The summed E-state index contributed by atoms with van der Waals surface area (Å²) in [6.07, 6.45) is 3.02. The second kappa shape index (κ2) is 5.83. The number of sulfone groups is 1. The molecule has 1 saturated heterocycles. The van der Waals surface area contributed by atoms with E-state index in [-0.39, 0.29) is 5.91 Å². The van der Waals surface area contributed by atoms with E-state index < -0.39 is 9.84 Å². The molecule has 110 valence electrons. The second-order valence-corrected chi connectivity index (χ2v) is 7.24. The van der Waals surface area contributed by atoms with Crippen LogP contribution in [0.2, 0.25) is 0 Å². The van der Waals surface area contributed by atoms with Crippen molar-refractivity contribution < 1.29 is 13.2 Å². The number of hydrogen-bond acceptors (Lipinski definition) is 4. The van der Waals surface area contributed by atoms with Crippen molar-refractivity contribution in [2.24, 2.45) is 0 Å². The van der Waals surface area contributed by atoms with E-state index in [0.29, 0.717) is 10.9 Å². The van der Waals surface area contributed by atoms with Crippen LogP contribution in [0.1, 0.15) is 19.8 Å². The van der Waals surface area contributed by atoms with Crippen molar-refractivity contribution in [3.8, 4) is 0 Å². The van der Waals surface area contributed by atoms with Crippen LogP contribution >= 0.6 is 0 Å². The quantitative estimate of drug-likeness (QED) is 0.918. The molecule has 0 aliphatic carbocycles. The van der Waals surface area contributed by atoms with Crippen molar-refractivity contribution >= 4 is 21.4 Å². The lowest BCUT2D eigenvalue weighted by Crippen LogP contribution is -2.41. The summed E-state index contributed by atoms with van der Waals surface area (Å²) in [7, 11) is -3.14. The summed E-state index contributed by atoms with van der Waals surface area (Å²) >= 11 is 0. The topological polar surface area (TPSA) is 66.5 Å². The van der Waals surface area contributed by atoms with Crippen LogP contribution in [-0.2, 0) is 14.6 Å². The number of likely N-dealkylation sites (tertiary alicyclic amines) is 1. The van der Waals surface area contributed by atoms with Crippen LogP contribution in [-0.4, -0.2) is 44.6 Å². The van der Waals surface area contributed by atoms with E-state index in [0.717, 1.165) is 31.6 Å². The summed E-state index contributed by atoms with van der Waals surface area (Å²) in [5.41, 5.74) is 0.915. The standard InChI is InChI=1S/C14H20N2O3S/c1-11(17)16-9-7-13(8-10-16)15-12-3-5-14(6-4-12)20(2,18)19/h3-6,13,15H,7-10H2,1-2H3. The van der Waals surface area contributed by atoms with Gasteiger partial charge in [-0.2, -0.15) is 0 Å². The van der Waals surface area contributed by atoms with Crippen molar-refractivity contribution in [1.29, 1.82) is 0 Å². The lowest BCUT2D eigenvalue weighted by atomic mass is 10.0. The molecule has 6 heteroatoms. The molecule has 20 heavy (non-hydrogen) atoms. The van der Waals surface area contributed by atoms with Gasteiger partial charge in [-0.25, -0.2) is 8.42 Å². The van der Waals surface area contributed by atoms with E-state index in [1.54, 1.807) is 31.2 Å². The van der Waals surface area contributed by atoms with Gasteiger partial charge < -0.3 is 10.2 Å². The fraction of sp³-hybridized carbons (Fsp3) is 0.500. The number of nitrogens with zero attached hydrogens (tertiary/aromatic N) is 1. The monoisotopic (exact) mass is 296 g/mol. The number of carbonyl (C=O) groups excluding carboxylic acids is 1. The van der Waals surface area contributed by atoms with Gasteiger partial charge in [0, 0.05) is 38.0 Å². The Morgan fingerprint density at radius 3 is 2.20 bits per heavy atom. The van der Waals surface area contributed by atoms with Crippen LogP contribution in [0.4, 0.5) is 5.69 Å². The van der Waals surface area contributed by atoms with E-state index in [2.05, 4.69) is 5.32 Å². The molecule has 1 aromatic rings. The van der Waals surface area contributed by atoms with Crippen molar-refractivity contribution in [3.63, 3.8) is 0 Å². The second-order valence-electron chi connectivity index (χ2n) is 5.22. The molecule has 1 aliphatic rings. The van der Waals surface area contributed by atoms with Crippen LogP contribution in [0.15, 0.2) is 29.2 Å². The maximum absolute atomic E-state index is 11.4. The smallest absolute Gasteiger partial charge is 0.219 e. The molecule has 1 aromatic carbocycles. The molecule has 1 fully saturated rings. The number of hydrogen-bond donors (Lipinski definition) is 1. The Balaban J connectivity index is 1.93. The Morgan fingerprint density at radius 1 is 1.20 bits per heavy atom. The zero-order chi connectivity index (χ0) is 14.8. The minimum absolute atomic E-state index is 0.126. The molecule has 0 aromatic heterocycles. The van der Waals surface area contributed by atoms with Gasteiger partial charge in [0.1, 0.15) is 0 Å². The van der Waals surface area contributed by atoms with E-state index in [4.69, 9.17) is 0 Å². The summed E-state index contributed by atoms with van der Waals surface area (Å²) in [6, 6.07) is 7.13. The van der Waals surface area contributed by atoms with Crippen LogP contribution in [0, 0.1) is 0 Å². The third-order valence-electron chi connectivity index (χ3n) is 3.59. The average Bonchev–Trinajstić information content (AvgIpc) is 2.39. The van der Waals surface area contributed by atoms with Gasteiger partial charge in [-0.3, -0.25) is 4.79 Å². The molecule has 0 saturated carbocycles. The minimum Gasteiger partial charge on any atom is -0.382 e. The molecule has 0 radical (unpaired) electrons. The van der Waals surface area contributed by atoms with Crippen molar-refractivity contribution in [3.05, 3.63) is 24.3 Å². The van der Waals surface area contributed by atoms with Crippen LogP contribution in [0.5, 0.6) is 0 Å². The predicted octanol–water partition coefficient (Wildman–Crippen LogP) is 1.51. The van der Waals surface area contributed by atoms with Crippen LogP contribution < -0.4 is 5.32 Å². The maximum atomic E-state index is 11.4. The van der Waals surface area contributed by atoms with Crippen molar-refractivity contribution in [2.45, 2.75) is 30.7 Å². The zero-order valence-electron chi connectivity index (χ0n) is 11.8. The van der Waals surface area contributed by atoms with Gasteiger partial charge in [-0.1, -0.05) is 0 Å². The van der Waals surface area contributed by atoms with Gasteiger partial charge in [-0.15, -0.1) is 0 Å². The number of anilines is 1. The molecule has 0 unspecified atom stereocenters. The third-order valence-corrected chi connectivity index (χ3v) is 4.72. The molecule has 5 nitrogen and oxygen atoms in total. The fourth-order valence-electron chi connectivity index (χ4n) is 2.37. The van der Waals surface area contributed by atoms with Gasteiger partial charge in [0.15, 0.2) is 9.84 Å². The van der Waals surface area contributed by atoms with Crippen LogP contribution in [0.3, 0.4) is 0 Å². The Labute approximate surface area is 119 Å². The molecular formula is C14H20N2O3S. The summed E-state index contributed by atoms with van der Waals surface area (Å²) < 4.78 is 22.8. The number of nitrogens with one attached hydrogen (secondary N) is 1. The van der Waals surface area contributed by atoms with Crippen molar-refractivity contribution in [1.82, 2.24) is 4.90 Å². The average molecular weight is 296 g/mol. The maximum Gasteiger partial charge on any atom is 0.219 e. The SMILES string of the molecule is CC(=O)N1CCC(Nc2ccc(S(C)(=O)=O)cc2)CC1. The molecule has 1 aliphatic heterocycles. The number of piperidine rings is 1. The first-order valence-corrected chi connectivity index (χ1v) is 8.57.